The van der Waals surface area contributed by atoms with Crippen LogP contribution >= 0.6 is 11.6 Å². The van der Waals surface area contributed by atoms with E-state index in [4.69, 9.17) is 16.3 Å². The van der Waals surface area contributed by atoms with Crippen LogP contribution in [0.3, 0.4) is 0 Å². The Hall–Kier alpha value is -1.85. The third-order valence-corrected chi connectivity index (χ3v) is 4.04. The molecule has 1 N–H and O–H groups in total. The third-order valence-electron chi connectivity index (χ3n) is 3.79. The Balaban J connectivity index is 1.66. The molecule has 1 aromatic carbocycles. The normalized spacial score (nSPS) is 10.8. The van der Waals surface area contributed by atoms with Crippen molar-refractivity contribution in [3.05, 3.63) is 51.8 Å². The van der Waals surface area contributed by atoms with Gasteiger partial charge in [-0.2, -0.15) is 5.10 Å². The van der Waals surface area contributed by atoms with Gasteiger partial charge in [0.15, 0.2) is 0 Å². The van der Waals surface area contributed by atoms with Crippen LogP contribution in [-0.2, 0) is 22.7 Å². The second-order valence-corrected chi connectivity index (χ2v) is 5.92. The third kappa shape index (κ3) is 5.08. The predicted molar refractivity (Wildman–Crippen MR) is 90.6 cm³/mol. The van der Waals surface area contributed by atoms with Gasteiger partial charge in [-0.05, 0) is 44.0 Å². The molecule has 0 aliphatic heterocycles. The molecular weight excluding hydrogens is 314 g/mol. The number of ether oxygens (including phenoxy) is 1. The minimum Gasteiger partial charge on any atom is -0.375 e. The zero-order valence-corrected chi connectivity index (χ0v) is 14.5. The van der Waals surface area contributed by atoms with E-state index >= 15 is 0 Å². The monoisotopic (exact) mass is 335 g/mol. The molecule has 0 spiro atoms. The van der Waals surface area contributed by atoms with E-state index in [0.29, 0.717) is 24.8 Å². The van der Waals surface area contributed by atoms with Crippen molar-refractivity contribution < 1.29 is 9.53 Å². The Labute approximate surface area is 141 Å². The van der Waals surface area contributed by atoms with E-state index in [0.717, 1.165) is 22.5 Å². The lowest BCUT2D eigenvalue weighted by molar-refractivity contribution is -0.122. The summed E-state index contributed by atoms with van der Waals surface area (Å²) in [5.74, 6) is -0.0642. The maximum absolute atomic E-state index is 11.9. The first-order valence-corrected chi connectivity index (χ1v) is 7.94. The number of benzene rings is 1. The number of nitrogens with zero attached hydrogens (tertiary/aromatic N) is 2. The average Bonchev–Trinajstić information content (AvgIpc) is 2.76. The number of halogens is 1. The summed E-state index contributed by atoms with van der Waals surface area (Å²) in [5.41, 5.74) is 4.17. The molecule has 23 heavy (non-hydrogen) atoms. The maximum Gasteiger partial charge on any atom is 0.241 e. The minimum absolute atomic E-state index is 0.0642. The van der Waals surface area contributed by atoms with Crippen molar-refractivity contribution in [1.82, 2.24) is 15.1 Å². The van der Waals surface area contributed by atoms with Gasteiger partial charge in [0.2, 0.25) is 5.91 Å². The Kier molecular flexibility index (Phi) is 6.19. The molecule has 0 saturated carbocycles. The number of aryl methyl sites for hydroxylation is 1. The summed E-state index contributed by atoms with van der Waals surface area (Å²) < 4.78 is 7.26. The summed E-state index contributed by atoms with van der Waals surface area (Å²) in [6.45, 7) is 7.60. The quantitative estimate of drug-likeness (QED) is 0.792. The number of aromatic nitrogens is 2. The molecule has 124 valence electrons. The molecule has 0 unspecified atom stereocenters. The van der Waals surface area contributed by atoms with E-state index in [1.807, 2.05) is 45.0 Å². The number of carbonyl (C=O) groups excluding carboxylic acids is 1. The second-order valence-electron chi connectivity index (χ2n) is 5.48. The number of hydrogen-bond donors (Lipinski definition) is 1. The molecule has 1 heterocycles. The van der Waals surface area contributed by atoms with E-state index in [2.05, 4.69) is 10.4 Å². The van der Waals surface area contributed by atoms with Crippen LogP contribution in [0.25, 0.3) is 0 Å². The highest BCUT2D eigenvalue weighted by Gasteiger charge is 2.10. The van der Waals surface area contributed by atoms with Gasteiger partial charge < -0.3 is 10.1 Å². The van der Waals surface area contributed by atoms with Crippen molar-refractivity contribution in [1.29, 1.82) is 0 Å². The fourth-order valence-corrected chi connectivity index (χ4v) is 2.29. The topological polar surface area (TPSA) is 56.2 Å². The van der Waals surface area contributed by atoms with Crippen molar-refractivity contribution >= 4 is 17.5 Å². The zero-order chi connectivity index (χ0) is 16.8. The Morgan fingerprint density at radius 3 is 2.57 bits per heavy atom. The Morgan fingerprint density at radius 2 is 1.96 bits per heavy atom. The number of nitrogens with one attached hydrogen (secondary N) is 1. The van der Waals surface area contributed by atoms with Gasteiger partial charge in [-0.1, -0.05) is 23.7 Å². The van der Waals surface area contributed by atoms with Crippen molar-refractivity contribution in [3.8, 4) is 0 Å². The summed E-state index contributed by atoms with van der Waals surface area (Å²) in [6.07, 6.45) is 0. The van der Waals surface area contributed by atoms with Crippen molar-refractivity contribution in [2.45, 2.75) is 33.9 Å². The number of hydrogen-bond acceptors (Lipinski definition) is 3. The van der Waals surface area contributed by atoms with E-state index < -0.39 is 0 Å². The first-order valence-electron chi connectivity index (χ1n) is 7.57. The molecule has 0 aliphatic carbocycles. The highest BCUT2D eigenvalue weighted by atomic mass is 35.5. The van der Waals surface area contributed by atoms with Crippen LogP contribution in [0.1, 0.15) is 22.5 Å². The van der Waals surface area contributed by atoms with Crippen LogP contribution < -0.4 is 5.32 Å². The summed E-state index contributed by atoms with van der Waals surface area (Å²) in [6, 6.07) is 7.51. The zero-order valence-electron chi connectivity index (χ0n) is 13.7. The lowest BCUT2D eigenvalue weighted by Gasteiger charge is -2.08. The minimum atomic E-state index is -0.0642. The van der Waals surface area contributed by atoms with Crippen LogP contribution in [0.2, 0.25) is 5.02 Å². The maximum atomic E-state index is 11.9. The number of rotatable bonds is 7. The largest absolute Gasteiger partial charge is 0.375 e. The summed E-state index contributed by atoms with van der Waals surface area (Å²) in [7, 11) is 0. The van der Waals surface area contributed by atoms with Gasteiger partial charge >= 0.3 is 0 Å². The first-order chi connectivity index (χ1) is 11.0. The van der Waals surface area contributed by atoms with E-state index in [1.54, 1.807) is 4.68 Å². The summed E-state index contributed by atoms with van der Waals surface area (Å²) in [5, 5.41) is 7.90. The molecule has 0 fully saturated rings. The average molecular weight is 336 g/mol. The molecule has 1 amide bonds. The summed E-state index contributed by atoms with van der Waals surface area (Å²) in [4.78, 5) is 11.9. The standard InChI is InChI=1S/C17H22ClN3O2/c1-12-13(2)20-21(14(12)3)10-17(22)19-8-9-23-11-15-4-6-16(18)7-5-15/h4-7H,8-11H2,1-3H3,(H,19,22). The Morgan fingerprint density at radius 1 is 1.26 bits per heavy atom. The molecule has 5 nitrogen and oxygen atoms in total. The smallest absolute Gasteiger partial charge is 0.241 e. The van der Waals surface area contributed by atoms with Gasteiger partial charge in [0, 0.05) is 17.3 Å². The van der Waals surface area contributed by atoms with Crippen LogP contribution in [0.5, 0.6) is 0 Å². The van der Waals surface area contributed by atoms with Gasteiger partial charge in [0.1, 0.15) is 6.54 Å². The molecule has 0 aliphatic rings. The van der Waals surface area contributed by atoms with Crippen molar-refractivity contribution in [3.63, 3.8) is 0 Å². The molecule has 2 rings (SSSR count). The van der Waals surface area contributed by atoms with Gasteiger partial charge in [-0.3, -0.25) is 9.48 Å². The molecule has 0 radical (unpaired) electrons. The lowest BCUT2D eigenvalue weighted by Crippen LogP contribution is -2.31. The van der Waals surface area contributed by atoms with Crippen LogP contribution in [0.4, 0.5) is 0 Å². The van der Waals surface area contributed by atoms with E-state index in [-0.39, 0.29) is 12.5 Å². The van der Waals surface area contributed by atoms with Gasteiger partial charge in [0.05, 0.1) is 18.9 Å². The molecular formula is C17H22ClN3O2. The van der Waals surface area contributed by atoms with Gasteiger partial charge in [0.25, 0.3) is 0 Å². The molecule has 6 heteroatoms. The fraction of sp³-hybridized carbons (Fsp3) is 0.412. The molecule has 0 atom stereocenters. The predicted octanol–water partition coefficient (Wildman–Crippen LogP) is 2.79. The van der Waals surface area contributed by atoms with Crippen LogP contribution in [-0.4, -0.2) is 28.8 Å². The lowest BCUT2D eigenvalue weighted by atomic mass is 10.2. The second kappa shape index (κ2) is 8.13. The molecule has 2 aromatic rings. The fourth-order valence-electron chi connectivity index (χ4n) is 2.17. The van der Waals surface area contributed by atoms with Crippen LogP contribution in [0, 0.1) is 20.8 Å². The Bertz CT molecular complexity index is 665. The first kappa shape index (κ1) is 17.5. The molecule has 0 bridgehead atoms. The molecule has 0 saturated heterocycles. The van der Waals surface area contributed by atoms with Gasteiger partial charge in [-0.15, -0.1) is 0 Å². The molecule has 1 aromatic heterocycles. The van der Waals surface area contributed by atoms with E-state index in [1.165, 1.54) is 0 Å². The number of carbonyl (C=O) groups is 1. The van der Waals surface area contributed by atoms with Crippen molar-refractivity contribution in [2.75, 3.05) is 13.2 Å². The van der Waals surface area contributed by atoms with Crippen LogP contribution in [0.15, 0.2) is 24.3 Å². The highest BCUT2D eigenvalue weighted by molar-refractivity contribution is 6.30. The van der Waals surface area contributed by atoms with Crippen molar-refractivity contribution in [2.24, 2.45) is 0 Å². The van der Waals surface area contributed by atoms with Gasteiger partial charge in [-0.25, -0.2) is 0 Å². The summed E-state index contributed by atoms with van der Waals surface area (Å²) >= 11 is 5.82. The highest BCUT2D eigenvalue weighted by Crippen LogP contribution is 2.11. The van der Waals surface area contributed by atoms with E-state index in [9.17, 15) is 4.79 Å². The SMILES string of the molecule is Cc1nn(CC(=O)NCCOCc2ccc(Cl)cc2)c(C)c1C. The number of amides is 1.